The predicted molar refractivity (Wildman–Crippen MR) is 283 cm³/mol. The molecule has 0 saturated carbocycles. The number of hydrogen-bond acceptors (Lipinski definition) is 6. The van der Waals surface area contributed by atoms with Crippen LogP contribution < -0.4 is 45.1 Å². The Morgan fingerprint density at radius 3 is 1.29 bits per heavy atom. The molecule has 2 aliphatic carbocycles. The molecule has 7 heteroatoms. The van der Waals surface area contributed by atoms with E-state index in [9.17, 15) is 0 Å². The van der Waals surface area contributed by atoms with Crippen LogP contribution in [0, 0.1) is 6.92 Å². The maximum atomic E-state index is 6.07. The van der Waals surface area contributed by atoms with Gasteiger partial charge in [-0.2, -0.15) is 0 Å². The zero-order valence-corrected chi connectivity index (χ0v) is 39.7. The summed E-state index contributed by atoms with van der Waals surface area (Å²) in [6.07, 6.45) is 0. The van der Waals surface area contributed by atoms with Gasteiger partial charge in [-0.15, -0.1) is 0 Å². The van der Waals surface area contributed by atoms with Gasteiger partial charge in [-0.3, -0.25) is 0 Å². The van der Waals surface area contributed by atoms with E-state index in [-0.39, 0.29) is 31.1 Å². The monoisotopic (exact) mass is 906 g/mol. The van der Waals surface area contributed by atoms with Crippen LogP contribution in [0.4, 0.5) is 34.1 Å². The fourth-order valence-corrected chi connectivity index (χ4v) is 12.9. The highest BCUT2D eigenvalue weighted by Gasteiger charge is 2.45. The summed E-state index contributed by atoms with van der Waals surface area (Å²) in [7, 11) is 0. The summed E-state index contributed by atoms with van der Waals surface area (Å²) in [5, 5.41) is 0. The Balaban J connectivity index is 0.953. The number of ether oxygens (including phenoxy) is 4. The van der Waals surface area contributed by atoms with Gasteiger partial charge in [0, 0.05) is 45.7 Å². The van der Waals surface area contributed by atoms with Gasteiger partial charge in [0.25, 0.3) is 6.71 Å². The summed E-state index contributed by atoms with van der Waals surface area (Å²) in [5.41, 5.74) is 26.7. The molecule has 15 rings (SSSR count). The summed E-state index contributed by atoms with van der Waals surface area (Å²) < 4.78 is 23.9. The largest absolute Gasteiger partial charge is 0.454 e. The van der Waals surface area contributed by atoms with Crippen LogP contribution in [0.2, 0.25) is 0 Å². The van der Waals surface area contributed by atoms with E-state index in [4.69, 9.17) is 18.9 Å². The Labute approximate surface area is 408 Å². The fourth-order valence-electron chi connectivity index (χ4n) is 12.9. The highest BCUT2D eigenvalue weighted by atomic mass is 16.7. The van der Waals surface area contributed by atoms with Crippen LogP contribution >= 0.6 is 0 Å². The topological polar surface area (TPSA) is 43.4 Å². The van der Waals surface area contributed by atoms with E-state index >= 15 is 0 Å². The Kier molecular flexibility index (Phi) is 7.95. The second-order valence-corrected chi connectivity index (χ2v) is 20.8. The number of rotatable bonds is 4. The highest BCUT2D eigenvalue weighted by Crippen LogP contribution is 2.53. The second kappa shape index (κ2) is 14.0. The van der Waals surface area contributed by atoms with Gasteiger partial charge in [0.1, 0.15) is 0 Å². The molecule has 9 aromatic carbocycles. The number of benzene rings is 9. The maximum Gasteiger partial charge on any atom is 0.252 e. The lowest BCUT2D eigenvalue weighted by molar-refractivity contribution is 0.173. The standard InChI is InChI=1S/C63H47BN2O4/c1-36-26-55-61-56(27-36)66(42-19-25-58-60(33-42)70-35-68-58)54-31-40(38-15-21-46-44-11-7-9-13-48(44)63(4,5)50(46)29-38)17-23-52(54)64(61)51-22-16-39(30-53(51)65(55)41-18-24-57-59(32-41)69-34-67-57)37-14-20-45-43-10-6-8-12-47(43)62(2,3)49(45)28-37/h6-33H,34-35H2,1-5H3. The molecule has 0 atom stereocenters. The van der Waals surface area contributed by atoms with Crippen molar-refractivity contribution in [3.05, 3.63) is 198 Å². The van der Waals surface area contributed by atoms with Crippen molar-refractivity contribution in [3.63, 3.8) is 0 Å². The third kappa shape index (κ3) is 5.40. The lowest BCUT2D eigenvalue weighted by atomic mass is 9.33. The van der Waals surface area contributed by atoms with Crippen LogP contribution in [0.25, 0.3) is 44.5 Å². The smallest absolute Gasteiger partial charge is 0.252 e. The zero-order valence-electron chi connectivity index (χ0n) is 39.7. The fraction of sp³-hybridized carbons (Fsp3) is 0.143. The summed E-state index contributed by atoms with van der Waals surface area (Å²) in [6.45, 7) is 12.0. The van der Waals surface area contributed by atoms with Crippen molar-refractivity contribution < 1.29 is 18.9 Å². The van der Waals surface area contributed by atoms with Gasteiger partial charge in [0.2, 0.25) is 13.6 Å². The predicted octanol–water partition coefficient (Wildman–Crippen LogP) is 13.5. The number of nitrogens with zero attached hydrogens (tertiary/aromatic N) is 2. The molecule has 6 aliphatic rings. The molecule has 4 heterocycles. The van der Waals surface area contributed by atoms with E-state index in [1.165, 1.54) is 83.1 Å². The van der Waals surface area contributed by atoms with Gasteiger partial charge < -0.3 is 28.7 Å². The first-order valence-corrected chi connectivity index (χ1v) is 24.4. The zero-order chi connectivity index (χ0) is 46.8. The van der Waals surface area contributed by atoms with Gasteiger partial charge in [-0.05, 0) is 156 Å². The molecule has 0 aromatic heterocycles. The third-order valence-electron chi connectivity index (χ3n) is 16.3. The molecular weight excluding hydrogens is 860 g/mol. The molecule has 0 fully saturated rings. The Hall–Kier alpha value is -8.16. The first-order valence-electron chi connectivity index (χ1n) is 24.4. The quantitative estimate of drug-likeness (QED) is 0.164. The lowest BCUT2D eigenvalue weighted by Gasteiger charge is -2.44. The van der Waals surface area contributed by atoms with Gasteiger partial charge in [0.15, 0.2) is 23.0 Å². The summed E-state index contributed by atoms with van der Waals surface area (Å²) in [5.74, 6) is 3.02. The minimum absolute atomic E-state index is 0.0730. The van der Waals surface area contributed by atoms with Crippen molar-refractivity contribution in [3.8, 4) is 67.5 Å². The molecule has 0 spiro atoms. The van der Waals surface area contributed by atoms with Crippen LogP contribution in [-0.4, -0.2) is 20.3 Å². The molecule has 0 N–H and O–H groups in total. The molecule has 0 saturated heterocycles. The molecule has 336 valence electrons. The summed E-state index contributed by atoms with van der Waals surface area (Å²) >= 11 is 0. The van der Waals surface area contributed by atoms with Crippen LogP contribution in [0.5, 0.6) is 23.0 Å². The average molecular weight is 907 g/mol. The minimum Gasteiger partial charge on any atom is -0.454 e. The van der Waals surface area contributed by atoms with Crippen LogP contribution in [0.3, 0.4) is 0 Å². The third-order valence-corrected chi connectivity index (χ3v) is 16.3. The van der Waals surface area contributed by atoms with Crippen molar-refractivity contribution in [2.75, 3.05) is 23.4 Å². The van der Waals surface area contributed by atoms with E-state index in [1.54, 1.807) is 0 Å². The van der Waals surface area contributed by atoms with Gasteiger partial charge >= 0.3 is 0 Å². The molecule has 70 heavy (non-hydrogen) atoms. The Morgan fingerprint density at radius 1 is 0.386 bits per heavy atom. The number of aryl methyl sites for hydroxylation is 1. The van der Waals surface area contributed by atoms with Gasteiger partial charge in [0.05, 0.1) is 11.4 Å². The maximum absolute atomic E-state index is 6.07. The SMILES string of the molecule is Cc1cc2c3c(c1)N(c1ccc4c(c1)OCO4)c1cc(-c4ccc5c(c4)C(C)(C)c4ccccc4-5)ccc1B3c1ccc(-c3ccc4c(c3)C(C)(C)c3ccccc3-4)cc1N2c1ccc2c(c1)OCO2. The van der Waals surface area contributed by atoms with E-state index < -0.39 is 0 Å². The molecule has 0 unspecified atom stereocenters. The normalized spacial score (nSPS) is 16.0. The summed E-state index contributed by atoms with van der Waals surface area (Å²) in [6, 6.07) is 63.6. The molecule has 0 radical (unpaired) electrons. The highest BCUT2D eigenvalue weighted by molar-refractivity contribution is 7.00. The van der Waals surface area contributed by atoms with Crippen LogP contribution in [0.15, 0.2) is 170 Å². The Bertz CT molecular complexity index is 3560. The number of hydrogen-bond donors (Lipinski definition) is 0. The first-order chi connectivity index (χ1) is 34.1. The Morgan fingerprint density at radius 2 is 0.800 bits per heavy atom. The van der Waals surface area contributed by atoms with Gasteiger partial charge in [-0.1, -0.05) is 125 Å². The van der Waals surface area contributed by atoms with Crippen molar-refractivity contribution in [1.82, 2.24) is 0 Å². The lowest BCUT2D eigenvalue weighted by Crippen LogP contribution is -2.61. The number of fused-ring (bicyclic) bond motifs is 12. The molecule has 9 aromatic rings. The second-order valence-electron chi connectivity index (χ2n) is 20.8. The van der Waals surface area contributed by atoms with Crippen molar-refractivity contribution in [2.24, 2.45) is 0 Å². The first kappa shape index (κ1) is 39.8. The molecule has 0 amide bonds. The van der Waals surface area contributed by atoms with Crippen LogP contribution in [0.1, 0.15) is 55.5 Å². The average Bonchev–Trinajstić information content (AvgIpc) is 4.16. The summed E-state index contributed by atoms with van der Waals surface area (Å²) in [4.78, 5) is 4.91. The number of anilines is 6. The van der Waals surface area contributed by atoms with E-state index in [1.807, 2.05) is 12.1 Å². The van der Waals surface area contributed by atoms with Crippen molar-refractivity contribution in [2.45, 2.75) is 45.4 Å². The molecule has 4 aliphatic heterocycles. The molecule has 6 nitrogen and oxygen atoms in total. The van der Waals surface area contributed by atoms with Crippen molar-refractivity contribution in [1.29, 1.82) is 0 Å². The van der Waals surface area contributed by atoms with E-state index in [2.05, 4.69) is 202 Å². The molecule has 0 bridgehead atoms. The van der Waals surface area contributed by atoms with E-state index in [0.29, 0.717) is 0 Å². The van der Waals surface area contributed by atoms with Gasteiger partial charge in [-0.25, -0.2) is 0 Å². The van der Waals surface area contributed by atoms with E-state index in [0.717, 1.165) is 62.7 Å². The minimum atomic E-state index is -0.114. The van der Waals surface area contributed by atoms with Crippen molar-refractivity contribution >= 4 is 57.2 Å². The molecular formula is C63H47BN2O4. The van der Waals surface area contributed by atoms with Crippen LogP contribution in [-0.2, 0) is 10.8 Å².